The maximum Gasteiger partial charge on any atom is 0.159 e. The number of Topliss-reactive ketones (excluding diaryl/α,β-unsaturated/α-hetero) is 1. The minimum atomic E-state index is -0.192. The van der Waals surface area contributed by atoms with Crippen LogP contribution in [0.1, 0.15) is 22.8 Å². The highest BCUT2D eigenvalue weighted by atomic mass is 16.3. The zero-order valence-corrected chi connectivity index (χ0v) is 6.55. The van der Waals surface area contributed by atoms with Crippen LogP contribution in [0.5, 0.6) is 5.75 Å². The number of benzene rings is 1. The summed E-state index contributed by atoms with van der Waals surface area (Å²) in [5.74, 6) is -0.359. The third kappa shape index (κ3) is 1.58. The average Bonchev–Trinajstić information content (AvgIpc) is 1.94. The van der Waals surface area contributed by atoms with Crippen LogP contribution in [0.2, 0.25) is 0 Å². The average molecular weight is 149 g/mol. The first-order valence-corrected chi connectivity index (χ1v) is 3.40. The molecule has 11 heavy (non-hydrogen) atoms. The van der Waals surface area contributed by atoms with E-state index in [4.69, 9.17) is 0 Å². The minimum Gasteiger partial charge on any atom is -0.872 e. The Kier molecular flexibility index (Phi) is 1.94. The maximum absolute atomic E-state index is 11.0. The first kappa shape index (κ1) is 7.79. The van der Waals surface area contributed by atoms with Gasteiger partial charge in [0.2, 0.25) is 0 Å². The highest BCUT2D eigenvalue weighted by Crippen LogP contribution is 2.15. The Morgan fingerprint density at radius 3 is 2.55 bits per heavy atom. The summed E-state index contributed by atoms with van der Waals surface area (Å²) in [7, 11) is 0. The third-order valence-corrected chi connectivity index (χ3v) is 1.51. The van der Waals surface area contributed by atoms with Crippen LogP contribution < -0.4 is 5.11 Å². The Morgan fingerprint density at radius 1 is 1.45 bits per heavy atom. The Morgan fingerprint density at radius 2 is 2.09 bits per heavy atom. The number of ketones is 1. The fourth-order valence-electron chi connectivity index (χ4n) is 0.919. The van der Waals surface area contributed by atoms with Crippen molar-refractivity contribution in [2.75, 3.05) is 0 Å². The summed E-state index contributed by atoms with van der Waals surface area (Å²) in [6.07, 6.45) is 0. The second-order valence-electron chi connectivity index (χ2n) is 2.56. The zero-order chi connectivity index (χ0) is 8.43. The highest BCUT2D eigenvalue weighted by Gasteiger charge is 1.98. The molecule has 0 radical (unpaired) electrons. The van der Waals surface area contributed by atoms with Crippen molar-refractivity contribution in [2.45, 2.75) is 13.8 Å². The van der Waals surface area contributed by atoms with Gasteiger partial charge in [0.15, 0.2) is 5.78 Å². The molecule has 0 N–H and O–H groups in total. The molecule has 0 heterocycles. The fraction of sp³-hybridized carbons (Fsp3) is 0.222. The van der Waals surface area contributed by atoms with Crippen LogP contribution in [0.25, 0.3) is 0 Å². The normalized spacial score (nSPS) is 9.64. The summed E-state index contributed by atoms with van der Waals surface area (Å²) in [6, 6.07) is 4.74. The standard InChI is InChI=1S/C9H10O2/c1-6-3-4-9(11)8(5-6)7(2)10/h3-5,11H,1-2H3/p-1. The fourth-order valence-corrected chi connectivity index (χ4v) is 0.919. The van der Waals surface area contributed by atoms with Gasteiger partial charge in [0, 0.05) is 5.56 Å². The molecular formula is C9H9O2-. The molecule has 1 aromatic carbocycles. The lowest BCUT2D eigenvalue weighted by Gasteiger charge is -2.10. The molecule has 0 atom stereocenters. The monoisotopic (exact) mass is 149 g/mol. The summed E-state index contributed by atoms with van der Waals surface area (Å²) in [5, 5.41) is 11.0. The quantitative estimate of drug-likeness (QED) is 0.564. The molecule has 0 amide bonds. The van der Waals surface area contributed by atoms with E-state index in [1.54, 1.807) is 12.1 Å². The molecule has 0 aliphatic carbocycles. The van der Waals surface area contributed by atoms with Crippen LogP contribution in [0.3, 0.4) is 0 Å². The van der Waals surface area contributed by atoms with Gasteiger partial charge in [-0.2, -0.15) is 0 Å². The maximum atomic E-state index is 11.0. The Hall–Kier alpha value is -1.31. The van der Waals surface area contributed by atoms with E-state index in [2.05, 4.69) is 0 Å². The van der Waals surface area contributed by atoms with E-state index in [-0.39, 0.29) is 17.1 Å². The second-order valence-corrected chi connectivity index (χ2v) is 2.56. The lowest BCUT2D eigenvalue weighted by molar-refractivity contribution is -0.268. The Labute approximate surface area is 65.5 Å². The van der Waals surface area contributed by atoms with E-state index in [9.17, 15) is 9.90 Å². The number of carbonyl (C=O) groups is 1. The molecule has 2 nitrogen and oxygen atoms in total. The molecular weight excluding hydrogens is 140 g/mol. The molecule has 1 aromatic rings. The number of carbonyl (C=O) groups excluding carboxylic acids is 1. The van der Waals surface area contributed by atoms with Crippen molar-refractivity contribution in [2.24, 2.45) is 0 Å². The van der Waals surface area contributed by atoms with E-state index in [0.29, 0.717) is 0 Å². The van der Waals surface area contributed by atoms with Crippen molar-refractivity contribution in [1.29, 1.82) is 0 Å². The molecule has 0 saturated heterocycles. The Balaban J connectivity index is 3.23. The Bertz CT molecular complexity index is 290. The molecule has 0 aliphatic heterocycles. The summed E-state index contributed by atoms with van der Waals surface area (Å²) in [6.45, 7) is 3.25. The summed E-state index contributed by atoms with van der Waals surface area (Å²) in [4.78, 5) is 10.8. The van der Waals surface area contributed by atoms with Crippen molar-refractivity contribution < 1.29 is 9.90 Å². The van der Waals surface area contributed by atoms with E-state index in [1.165, 1.54) is 13.0 Å². The third-order valence-electron chi connectivity index (χ3n) is 1.51. The van der Waals surface area contributed by atoms with Gasteiger partial charge in [-0.05, 0) is 19.9 Å². The molecule has 0 bridgehead atoms. The van der Waals surface area contributed by atoms with Gasteiger partial charge < -0.3 is 5.11 Å². The van der Waals surface area contributed by atoms with Crippen molar-refractivity contribution in [3.05, 3.63) is 29.3 Å². The van der Waals surface area contributed by atoms with Crippen molar-refractivity contribution >= 4 is 5.78 Å². The van der Waals surface area contributed by atoms with Crippen LogP contribution in [0.15, 0.2) is 18.2 Å². The predicted octanol–water partition coefficient (Wildman–Crippen LogP) is 1.27. The minimum absolute atomic E-state index is 0.168. The van der Waals surface area contributed by atoms with Crippen LogP contribution >= 0.6 is 0 Å². The number of aryl methyl sites for hydroxylation is 1. The molecule has 0 unspecified atom stereocenters. The van der Waals surface area contributed by atoms with Gasteiger partial charge in [0.25, 0.3) is 0 Å². The molecule has 0 fully saturated rings. The lowest BCUT2D eigenvalue weighted by Crippen LogP contribution is -2.01. The highest BCUT2D eigenvalue weighted by molar-refractivity contribution is 5.96. The van der Waals surface area contributed by atoms with Crippen molar-refractivity contribution in [3.8, 4) is 5.75 Å². The second kappa shape index (κ2) is 2.74. The van der Waals surface area contributed by atoms with Gasteiger partial charge in [0.1, 0.15) is 0 Å². The van der Waals surface area contributed by atoms with Crippen LogP contribution in [-0.4, -0.2) is 5.78 Å². The van der Waals surface area contributed by atoms with Crippen molar-refractivity contribution in [3.63, 3.8) is 0 Å². The first-order valence-electron chi connectivity index (χ1n) is 3.40. The molecule has 0 saturated carbocycles. The van der Waals surface area contributed by atoms with E-state index >= 15 is 0 Å². The smallest absolute Gasteiger partial charge is 0.159 e. The van der Waals surface area contributed by atoms with E-state index in [1.807, 2.05) is 6.92 Å². The predicted molar refractivity (Wildman–Crippen MR) is 40.6 cm³/mol. The molecule has 0 spiro atoms. The van der Waals surface area contributed by atoms with Gasteiger partial charge in [0.05, 0.1) is 0 Å². The lowest BCUT2D eigenvalue weighted by atomic mass is 10.1. The molecule has 0 aliphatic rings. The van der Waals surface area contributed by atoms with Gasteiger partial charge in [-0.1, -0.05) is 23.4 Å². The number of rotatable bonds is 1. The molecule has 1 rings (SSSR count). The van der Waals surface area contributed by atoms with Gasteiger partial charge in [-0.25, -0.2) is 0 Å². The molecule has 2 heteroatoms. The molecule has 0 aromatic heterocycles. The van der Waals surface area contributed by atoms with Crippen LogP contribution in [-0.2, 0) is 0 Å². The summed E-state index contributed by atoms with van der Waals surface area (Å²) < 4.78 is 0. The number of hydrogen-bond donors (Lipinski definition) is 0. The van der Waals surface area contributed by atoms with Gasteiger partial charge in [-0.15, -0.1) is 0 Å². The topological polar surface area (TPSA) is 40.1 Å². The van der Waals surface area contributed by atoms with Crippen LogP contribution in [0.4, 0.5) is 0 Å². The summed E-state index contributed by atoms with van der Waals surface area (Å²) in [5.41, 5.74) is 1.22. The summed E-state index contributed by atoms with van der Waals surface area (Å²) >= 11 is 0. The van der Waals surface area contributed by atoms with E-state index < -0.39 is 0 Å². The number of hydrogen-bond acceptors (Lipinski definition) is 2. The zero-order valence-electron chi connectivity index (χ0n) is 6.55. The van der Waals surface area contributed by atoms with Crippen LogP contribution in [0, 0.1) is 6.92 Å². The van der Waals surface area contributed by atoms with Gasteiger partial charge >= 0.3 is 0 Å². The van der Waals surface area contributed by atoms with Gasteiger partial charge in [-0.3, -0.25) is 4.79 Å². The largest absolute Gasteiger partial charge is 0.872 e. The SMILES string of the molecule is CC(=O)c1cc(C)ccc1[O-]. The molecule has 58 valence electrons. The van der Waals surface area contributed by atoms with Crippen molar-refractivity contribution in [1.82, 2.24) is 0 Å². The first-order chi connectivity index (χ1) is 5.11. The van der Waals surface area contributed by atoms with E-state index in [0.717, 1.165) is 5.56 Å².